The average Bonchev–Trinajstić information content (AvgIpc) is 2.69. The second-order valence-electron chi connectivity index (χ2n) is 4.80. The van der Waals surface area contributed by atoms with Crippen molar-refractivity contribution < 1.29 is 0 Å². The molecular weight excluding hydrogens is 228 g/mol. The molecule has 18 heavy (non-hydrogen) atoms. The van der Waals surface area contributed by atoms with Gasteiger partial charge in [0.2, 0.25) is 0 Å². The third-order valence-corrected chi connectivity index (χ3v) is 3.54. The lowest BCUT2D eigenvalue weighted by Crippen LogP contribution is -2.19. The SMILES string of the molecule is Cc1cc2c(n1-c1ccc(=O)[nH]n1)CCCC2N. The Labute approximate surface area is 105 Å². The molecule has 0 fully saturated rings. The molecule has 0 saturated carbocycles. The fraction of sp³-hybridized carbons (Fsp3) is 0.385. The molecule has 0 aliphatic heterocycles. The Morgan fingerprint density at radius 2 is 2.33 bits per heavy atom. The summed E-state index contributed by atoms with van der Waals surface area (Å²) in [6.07, 6.45) is 3.15. The second-order valence-corrected chi connectivity index (χ2v) is 4.80. The molecule has 1 unspecified atom stereocenters. The van der Waals surface area contributed by atoms with Gasteiger partial charge in [-0.1, -0.05) is 0 Å². The van der Waals surface area contributed by atoms with E-state index in [1.165, 1.54) is 17.3 Å². The van der Waals surface area contributed by atoms with Gasteiger partial charge in [-0.15, -0.1) is 0 Å². The van der Waals surface area contributed by atoms with Gasteiger partial charge in [-0.3, -0.25) is 4.79 Å². The Bertz CT molecular complexity index is 620. The zero-order chi connectivity index (χ0) is 12.7. The van der Waals surface area contributed by atoms with Crippen LogP contribution in [0.4, 0.5) is 0 Å². The molecule has 94 valence electrons. The zero-order valence-electron chi connectivity index (χ0n) is 10.3. The summed E-state index contributed by atoms with van der Waals surface area (Å²) < 4.78 is 2.09. The molecule has 0 bridgehead atoms. The van der Waals surface area contributed by atoms with E-state index in [1.54, 1.807) is 6.07 Å². The molecule has 5 nitrogen and oxygen atoms in total. The van der Waals surface area contributed by atoms with Gasteiger partial charge in [0, 0.05) is 23.5 Å². The summed E-state index contributed by atoms with van der Waals surface area (Å²) in [6, 6.07) is 5.49. The van der Waals surface area contributed by atoms with Crippen molar-refractivity contribution in [2.75, 3.05) is 0 Å². The smallest absolute Gasteiger partial charge is 0.264 e. The van der Waals surface area contributed by atoms with Crippen LogP contribution in [-0.2, 0) is 6.42 Å². The molecule has 0 aromatic carbocycles. The molecule has 2 heterocycles. The average molecular weight is 244 g/mol. The van der Waals surface area contributed by atoms with Gasteiger partial charge in [0.05, 0.1) is 0 Å². The maximum atomic E-state index is 11.1. The molecule has 0 amide bonds. The van der Waals surface area contributed by atoms with Crippen LogP contribution in [0.5, 0.6) is 0 Å². The van der Waals surface area contributed by atoms with Gasteiger partial charge < -0.3 is 10.3 Å². The molecule has 0 radical (unpaired) electrons. The lowest BCUT2D eigenvalue weighted by atomic mass is 9.93. The van der Waals surface area contributed by atoms with Crippen LogP contribution in [0.15, 0.2) is 23.0 Å². The maximum Gasteiger partial charge on any atom is 0.264 e. The van der Waals surface area contributed by atoms with Gasteiger partial charge >= 0.3 is 0 Å². The number of nitrogens with two attached hydrogens (primary N) is 1. The van der Waals surface area contributed by atoms with Crippen molar-refractivity contribution in [3.8, 4) is 5.82 Å². The summed E-state index contributed by atoms with van der Waals surface area (Å²) in [7, 11) is 0. The van der Waals surface area contributed by atoms with Crippen molar-refractivity contribution in [3.63, 3.8) is 0 Å². The predicted octanol–water partition coefficient (Wildman–Crippen LogP) is 1.21. The van der Waals surface area contributed by atoms with Gasteiger partial charge in [-0.05, 0) is 43.9 Å². The number of rotatable bonds is 1. The molecule has 1 atom stereocenters. The van der Waals surface area contributed by atoms with Crippen molar-refractivity contribution in [1.29, 1.82) is 0 Å². The Kier molecular flexibility index (Phi) is 2.56. The third-order valence-electron chi connectivity index (χ3n) is 3.54. The van der Waals surface area contributed by atoms with Crippen LogP contribution in [0.1, 0.15) is 35.8 Å². The monoisotopic (exact) mass is 244 g/mol. The number of aryl methyl sites for hydroxylation is 1. The van der Waals surface area contributed by atoms with Crippen molar-refractivity contribution in [2.45, 2.75) is 32.2 Å². The van der Waals surface area contributed by atoms with E-state index in [9.17, 15) is 4.79 Å². The first kappa shape index (κ1) is 11.2. The molecule has 2 aromatic rings. The highest BCUT2D eigenvalue weighted by atomic mass is 16.1. The van der Waals surface area contributed by atoms with Crippen molar-refractivity contribution >= 4 is 0 Å². The predicted molar refractivity (Wildman–Crippen MR) is 68.8 cm³/mol. The number of nitrogens with zero attached hydrogens (tertiary/aromatic N) is 2. The molecule has 0 spiro atoms. The van der Waals surface area contributed by atoms with Crippen LogP contribution in [0.25, 0.3) is 5.82 Å². The number of hydrogen-bond donors (Lipinski definition) is 2. The zero-order valence-corrected chi connectivity index (χ0v) is 10.3. The van der Waals surface area contributed by atoms with Gasteiger partial charge in [-0.2, -0.15) is 5.10 Å². The number of hydrogen-bond acceptors (Lipinski definition) is 3. The highest BCUT2D eigenvalue weighted by Crippen LogP contribution is 2.31. The van der Waals surface area contributed by atoms with E-state index in [0.717, 1.165) is 30.8 Å². The highest BCUT2D eigenvalue weighted by molar-refractivity contribution is 5.39. The minimum absolute atomic E-state index is 0.122. The van der Waals surface area contributed by atoms with Gasteiger partial charge in [0.25, 0.3) is 5.56 Å². The highest BCUT2D eigenvalue weighted by Gasteiger charge is 2.23. The van der Waals surface area contributed by atoms with Gasteiger partial charge in [-0.25, -0.2) is 5.10 Å². The molecule has 1 aliphatic carbocycles. The van der Waals surface area contributed by atoms with Crippen LogP contribution in [0.2, 0.25) is 0 Å². The van der Waals surface area contributed by atoms with E-state index in [4.69, 9.17) is 5.73 Å². The quantitative estimate of drug-likeness (QED) is 0.791. The molecule has 0 saturated heterocycles. The maximum absolute atomic E-state index is 11.1. The summed E-state index contributed by atoms with van der Waals surface area (Å²) in [6.45, 7) is 2.04. The number of nitrogens with one attached hydrogen (secondary N) is 1. The molecule has 5 heteroatoms. The summed E-state index contributed by atoms with van der Waals surface area (Å²) in [5, 5.41) is 6.58. The number of aromatic amines is 1. The lowest BCUT2D eigenvalue weighted by Gasteiger charge is -2.20. The Morgan fingerprint density at radius 1 is 1.50 bits per heavy atom. The first-order chi connectivity index (χ1) is 8.66. The number of fused-ring (bicyclic) bond motifs is 1. The fourth-order valence-electron chi connectivity index (χ4n) is 2.72. The van der Waals surface area contributed by atoms with E-state index >= 15 is 0 Å². The van der Waals surface area contributed by atoms with E-state index in [-0.39, 0.29) is 11.6 Å². The van der Waals surface area contributed by atoms with Crippen molar-refractivity contribution in [3.05, 3.63) is 45.5 Å². The Balaban J connectivity index is 2.17. The first-order valence-corrected chi connectivity index (χ1v) is 6.19. The van der Waals surface area contributed by atoms with Crippen LogP contribution in [0.3, 0.4) is 0 Å². The van der Waals surface area contributed by atoms with Crippen LogP contribution in [0, 0.1) is 6.92 Å². The van der Waals surface area contributed by atoms with Crippen LogP contribution < -0.4 is 11.3 Å². The third kappa shape index (κ3) is 1.67. The lowest BCUT2D eigenvalue weighted by molar-refractivity contribution is 0.558. The standard InChI is InChI=1S/C13H16N4O/c1-8-7-9-10(14)3-2-4-11(9)17(8)12-5-6-13(18)16-15-12/h5-7,10H,2-4,14H2,1H3,(H,16,18). The summed E-state index contributed by atoms with van der Waals surface area (Å²) in [5.74, 6) is 0.752. The van der Waals surface area contributed by atoms with E-state index in [2.05, 4.69) is 20.8 Å². The topological polar surface area (TPSA) is 76.7 Å². The normalized spacial score (nSPS) is 18.7. The summed E-state index contributed by atoms with van der Waals surface area (Å²) >= 11 is 0. The largest absolute Gasteiger partial charge is 0.324 e. The minimum atomic E-state index is -0.186. The molecular formula is C13H16N4O. The molecule has 3 rings (SSSR count). The fourth-order valence-corrected chi connectivity index (χ4v) is 2.72. The van der Waals surface area contributed by atoms with Gasteiger partial charge in [0.15, 0.2) is 5.82 Å². The van der Waals surface area contributed by atoms with Crippen molar-refractivity contribution in [2.24, 2.45) is 5.73 Å². The van der Waals surface area contributed by atoms with Crippen molar-refractivity contribution in [1.82, 2.24) is 14.8 Å². The second kappa shape index (κ2) is 4.10. The Morgan fingerprint density at radius 3 is 3.06 bits per heavy atom. The molecule has 3 N–H and O–H groups in total. The summed E-state index contributed by atoms with van der Waals surface area (Å²) in [4.78, 5) is 11.1. The van der Waals surface area contributed by atoms with Crippen LogP contribution >= 0.6 is 0 Å². The van der Waals surface area contributed by atoms with E-state index in [1.807, 2.05) is 6.92 Å². The van der Waals surface area contributed by atoms with E-state index in [0.29, 0.717) is 0 Å². The van der Waals surface area contributed by atoms with E-state index < -0.39 is 0 Å². The van der Waals surface area contributed by atoms with Crippen LogP contribution in [-0.4, -0.2) is 14.8 Å². The van der Waals surface area contributed by atoms with Gasteiger partial charge in [0.1, 0.15) is 0 Å². The molecule has 2 aromatic heterocycles. The first-order valence-electron chi connectivity index (χ1n) is 6.19. The minimum Gasteiger partial charge on any atom is -0.324 e. The summed E-state index contributed by atoms with van der Waals surface area (Å²) in [5.41, 5.74) is 9.50. The Hall–Kier alpha value is -1.88. The number of aromatic nitrogens is 3. The number of H-pyrrole nitrogens is 1. The molecule has 1 aliphatic rings.